The van der Waals surface area contributed by atoms with E-state index in [0.717, 1.165) is 18.7 Å². The number of hydrogen-bond acceptors (Lipinski definition) is 11. The number of nitrogens with zero attached hydrogens (tertiary/aromatic N) is 7. The maximum absolute atomic E-state index is 10.7. The standard InChI is InChI=1S/C19H22N10O2/c1-28(12-2-11-22-19-24-17(20)23-18(21)25-19)15-7-3-13(4-8-15)26-27-14-5-9-16(10-6-14)29(30)31/h3-10H,2,11-12H2,1H3,(H5,20,21,22,23,24,25). The first kappa shape index (κ1) is 21.4. The van der Waals surface area contributed by atoms with E-state index in [4.69, 9.17) is 11.5 Å². The Hall–Kier alpha value is -4.35. The molecule has 0 unspecified atom stereocenters. The highest BCUT2D eigenvalue weighted by Crippen LogP contribution is 2.23. The highest BCUT2D eigenvalue weighted by Gasteiger charge is 2.05. The SMILES string of the molecule is CN(CCCNc1nc(N)nc(N)n1)c1ccc(N=Nc2ccc([N+](=O)[O-])cc2)cc1. The van der Waals surface area contributed by atoms with Crippen molar-refractivity contribution in [3.63, 3.8) is 0 Å². The molecule has 0 fully saturated rings. The molecule has 5 N–H and O–H groups in total. The van der Waals surface area contributed by atoms with E-state index >= 15 is 0 Å². The minimum atomic E-state index is -0.453. The zero-order valence-electron chi connectivity index (χ0n) is 16.8. The molecular formula is C19H22N10O2. The predicted octanol–water partition coefficient (Wildman–Crippen LogP) is 3.30. The van der Waals surface area contributed by atoms with Crippen molar-refractivity contribution < 1.29 is 4.92 Å². The number of nitrogens with two attached hydrogens (primary N) is 2. The van der Waals surface area contributed by atoms with Crippen LogP contribution in [0.5, 0.6) is 0 Å². The maximum Gasteiger partial charge on any atom is 0.269 e. The Morgan fingerprint density at radius 2 is 1.52 bits per heavy atom. The third kappa shape index (κ3) is 6.32. The van der Waals surface area contributed by atoms with Crippen LogP contribution in [0.15, 0.2) is 58.8 Å². The molecule has 0 aliphatic carbocycles. The minimum absolute atomic E-state index is 0.0168. The van der Waals surface area contributed by atoms with Gasteiger partial charge in [0.05, 0.1) is 16.3 Å². The molecule has 1 aromatic heterocycles. The van der Waals surface area contributed by atoms with Crippen molar-refractivity contribution in [1.82, 2.24) is 15.0 Å². The average molecular weight is 422 g/mol. The van der Waals surface area contributed by atoms with Crippen LogP contribution in [0, 0.1) is 10.1 Å². The van der Waals surface area contributed by atoms with Gasteiger partial charge < -0.3 is 21.7 Å². The number of aromatic nitrogens is 3. The summed E-state index contributed by atoms with van der Waals surface area (Å²) < 4.78 is 0. The third-order valence-corrected chi connectivity index (χ3v) is 4.26. The molecule has 0 spiro atoms. The van der Waals surface area contributed by atoms with Gasteiger partial charge in [0.1, 0.15) is 0 Å². The average Bonchev–Trinajstić information content (AvgIpc) is 2.75. The van der Waals surface area contributed by atoms with Crippen LogP contribution in [-0.4, -0.2) is 40.0 Å². The zero-order valence-corrected chi connectivity index (χ0v) is 16.8. The predicted molar refractivity (Wildman–Crippen MR) is 119 cm³/mol. The summed E-state index contributed by atoms with van der Waals surface area (Å²) in [4.78, 5) is 24.0. The van der Waals surface area contributed by atoms with Crippen molar-refractivity contribution in [3.8, 4) is 0 Å². The van der Waals surface area contributed by atoms with Gasteiger partial charge in [0.2, 0.25) is 17.8 Å². The molecule has 0 radical (unpaired) electrons. The number of azo groups is 1. The van der Waals surface area contributed by atoms with Crippen LogP contribution in [0.2, 0.25) is 0 Å². The van der Waals surface area contributed by atoms with Gasteiger partial charge in [-0.1, -0.05) is 0 Å². The van der Waals surface area contributed by atoms with Crippen molar-refractivity contribution in [1.29, 1.82) is 0 Å². The zero-order chi connectivity index (χ0) is 22.2. The largest absolute Gasteiger partial charge is 0.375 e. The van der Waals surface area contributed by atoms with Gasteiger partial charge in [-0.2, -0.15) is 25.2 Å². The molecule has 0 aliphatic heterocycles. The van der Waals surface area contributed by atoms with E-state index in [1.54, 1.807) is 12.1 Å². The van der Waals surface area contributed by atoms with Gasteiger partial charge in [-0.05, 0) is 42.8 Å². The third-order valence-electron chi connectivity index (χ3n) is 4.26. The maximum atomic E-state index is 10.7. The second kappa shape index (κ2) is 9.91. The van der Waals surface area contributed by atoms with Crippen molar-refractivity contribution in [2.24, 2.45) is 10.2 Å². The lowest BCUT2D eigenvalue weighted by atomic mass is 10.2. The number of nitro benzene ring substituents is 1. The van der Waals surface area contributed by atoms with E-state index in [1.807, 2.05) is 31.3 Å². The Balaban J connectivity index is 1.48. The molecule has 0 bridgehead atoms. The van der Waals surface area contributed by atoms with Gasteiger partial charge in [-0.25, -0.2) is 0 Å². The van der Waals surface area contributed by atoms with Crippen LogP contribution < -0.4 is 21.7 Å². The summed E-state index contributed by atoms with van der Waals surface area (Å²) in [6.45, 7) is 1.45. The molecule has 12 nitrogen and oxygen atoms in total. The Morgan fingerprint density at radius 1 is 0.968 bits per heavy atom. The number of non-ortho nitro benzene ring substituents is 1. The van der Waals surface area contributed by atoms with E-state index in [-0.39, 0.29) is 17.6 Å². The molecule has 1 heterocycles. The number of nitro groups is 1. The van der Waals surface area contributed by atoms with E-state index in [9.17, 15) is 10.1 Å². The molecule has 0 aliphatic rings. The fraction of sp³-hybridized carbons (Fsp3) is 0.211. The van der Waals surface area contributed by atoms with Crippen LogP contribution in [0.25, 0.3) is 0 Å². The smallest absolute Gasteiger partial charge is 0.269 e. The van der Waals surface area contributed by atoms with E-state index in [0.29, 0.717) is 23.9 Å². The van der Waals surface area contributed by atoms with Crippen LogP contribution in [0.1, 0.15) is 6.42 Å². The van der Waals surface area contributed by atoms with Gasteiger partial charge in [-0.15, -0.1) is 0 Å². The molecule has 2 aromatic carbocycles. The molecule has 31 heavy (non-hydrogen) atoms. The highest BCUT2D eigenvalue weighted by molar-refractivity contribution is 5.52. The summed E-state index contributed by atoms with van der Waals surface area (Å²) in [6.07, 6.45) is 0.837. The summed E-state index contributed by atoms with van der Waals surface area (Å²) in [5.74, 6) is 0.520. The van der Waals surface area contributed by atoms with Gasteiger partial charge in [0.15, 0.2) is 0 Å². The quantitative estimate of drug-likeness (QED) is 0.202. The lowest BCUT2D eigenvalue weighted by molar-refractivity contribution is -0.384. The number of hydrogen-bond donors (Lipinski definition) is 3. The van der Waals surface area contributed by atoms with Crippen molar-refractivity contribution in [3.05, 3.63) is 58.6 Å². The molecule has 0 saturated heterocycles. The number of nitrogen functional groups attached to an aromatic ring is 2. The van der Waals surface area contributed by atoms with E-state index < -0.39 is 4.92 Å². The van der Waals surface area contributed by atoms with Gasteiger partial charge >= 0.3 is 0 Å². The summed E-state index contributed by atoms with van der Waals surface area (Å²) in [6, 6.07) is 13.5. The minimum Gasteiger partial charge on any atom is -0.375 e. The van der Waals surface area contributed by atoms with Gasteiger partial charge in [0.25, 0.3) is 5.69 Å². The molecule has 12 heteroatoms. The van der Waals surface area contributed by atoms with Crippen molar-refractivity contribution in [2.75, 3.05) is 41.8 Å². The number of nitrogens with one attached hydrogen (secondary N) is 1. The molecular weight excluding hydrogens is 400 g/mol. The first-order valence-electron chi connectivity index (χ1n) is 9.39. The molecule has 0 atom stereocenters. The van der Waals surface area contributed by atoms with E-state index in [2.05, 4.69) is 35.4 Å². The Labute approximate surface area is 178 Å². The second-order valence-electron chi connectivity index (χ2n) is 6.57. The van der Waals surface area contributed by atoms with E-state index in [1.165, 1.54) is 12.1 Å². The topological polar surface area (TPSA) is 174 Å². The fourth-order valence-electron chi connectivity index (χ4n) is 2.66. The number of benzene rings is 2. The van der Waals surface area contributed by atoms with Crippen LogP contribution in [0.4, 0.5) is 40.6 Å². The molecule has 0 amide bonds. The first-order chi connectivity index (χ1) is 14.9. The lowest BCUT2D eigenvalue weighted by Gasteiger charge is -2.19. The Kier molecular flexibility index (Phi) is 6.83. The van der Waals surface area contributed by atoms with Crippen LogP contribution in [0.3, 0.4) is 0 Å². The molecule has 160 valence electrons. The number of anilines is 4. The van der Waals surface area contributed by atoms with Crippen LogP contribution in [-0.2, 0) is 0 Å². The summed E-state index contributed by atoms with van der Waals surface area (Å²) >= 11 is 0. The number of rotatable bonds is 9. The first-order valence-corrected chi connectivity index (χ1v) is 9.39. The molecule has 3 aromatic rings. The van der Waals surface area contributed by atoms with Gasteiger partial charge in [-0.3, -0.25) is 10.1 Å². The molecule has 0 saturated carbocycles. The second-order valence-corrected chi connectivity index (χ2v) is 6.57. The monoisotopic (exact) mass is 422 g/mol. The molecule has 3 rings (SSSR count). The lowest BCUT2D eigenvalue weighted by Crippen LogP contribution is -2.21. The Morgan fingerprint density at radius 3 is 2.06 bits per heavy atom. The normalized spacial score (nSPS) is 10.9. The Bertz CT molecular complexity index is 1030. The summed E-state index contributed by atoms with van der Waals surface area (Å²) in [5.41, 5.74) is 13.4. The van der Waals surface area contributed by atoms with Crippen molar-refractivity contribution in [2.45, 2.75) is 6.42 Å². The van der Waals surface area contributed by atoms with Gasteiger partial charge in [0, 0.05) is 38.0 Å². The van der Waals surface area contributed by atoms with Crippen molar-refractivity contribution >= 4 is 40.6 Å². The summed E-state index contributed by atoms with van der Waals surface area (Å²) in [7, 11) is 1.99. The summed E-state index contributed by atoms with van der Waals surface area (Å²) in [5, 5.41) is 22.0. The highest BCUT2D eigenvalue weighted by atomic mass is 16.6. The van der Waals surface area contributed by atoms with Crippen LogP contribution >= 0.6 is 0 Å². The fourth-order valence-corrected chi connectivity index (χ4v) is 2.66.